The van der Waals surface area contributed by atoms with Crippen molar-refractivity contribution >= 4 is 0 Å². The Morgan fingerprint density at radius 1 is 1.20 bits per heavy atom. The minimum atomic E-state index is 0.274. The highest BCUT2D eigenvalue weighted by Gasteiger charge is 2.16. The molecule has 0 fully saturated rings. The van der Waals surface area contributed by atoms with Gasteiger partial charge in [-0.3, -0.25) is 0 Å². The number of hydrogen-bond acceptors (Lipinski definition) is 2. The largest absolute Gasteiger partial charge is 0.337 e. The first kappa shape index (κ1) is 14.8. The van der Waals surface area contributed by atoms with Crippen molar-refractivity contribution in [3.63, 3.8) is 0 Å². The van der Waals surface area contributed by atoms with Crippen molar-refractivity contribution in [1.82, 2.24) is 14.9 Å². The van der Waals surface area contributed by atoms with Gasteiger partial charge in [0.25, 0.3) is 0 Å². The lowest BCUT2D eigenvalue weighted by molar-refractivity contribution is 0.491. The summed E-state index contributed by atoms with van der Waals surface area (Å²) in [6.07, 6.45) is 6.00. The zero-order valence-corrected chi connectivity index (χ0v) is 13.0. The van der Waals surface area contributed by atoms with E-state index in [1.54, 1.807) is 0 Å². The molecule has 0 aliphatic heterocycles. The molecule has 0 amide bonds. The summed E-state index contributed by atoms with van der Waals surface area (Å²) in [6, 6.07) is 7.04. The van der Waals surface area contributed by atoms with E-state index in [2.05, 4.69) is 60.9 Å². The van der Waals surface area contributed by atoms with E-state index >= 15 is 0 Å². The first-order valence-electron chi connectivity index (χ1n) is 7.38. The van der Waals surface area contributed by atoms with E-state index in [0.29, 0.717) is 0 Å². The van der Waals surface area contributed by atoms with E-state index in [1.807, 2.05) is 12.4 Å². The first-order valence-corrected chi connectivity index (χ1v) is 7.38. The number of rotatable bonds is 6. The number of benzene rings is 1. The molecule has 3 heteroatoms. The second-order valence-corrected chi connectivity index (χ2v) is 5.60. The van der Waals surface area contributed by atoms with Gasteiger partial charge in [-0.1, -0.05) is 36.2 Å². The Morgan fingerprint density at radius 2 is 1.90 bits per heavy atom. The summed E-state index contributed by atoms with van der Waals surface area (Å²) in [5.74, 6) is 1.11. The minimum Gasteiger partial charge on any atom is -0.337 e. The van der Waals surface area contributed by atoms with Crippen LogP contribution in [0.2, 0.25) is 0 Å². The number of hydrogen-bond donors (Lipinski definition) is 1. The Morgan fingerprint density at radius 3 is 2.45 bits per heavy atom. The second kappa shape index (κ2) is 6.71. The average molecular weight is 271 g/mol. The molecule has 0 aliphatic carbocycles. The van der Waals surface area contributed by atoms with E-state index in [1.165, 1.54) is 16.7 Å². The Kier molecular flexibility index (Phi) is 4.96. The van der Waals surface area contributed by atoms with E-state index < -0.39 is 0 Å². The molecule has 0 saturated heterocycles. The van der Waals surface area contributed by atoms with E-state index in [4.69, 9.17) is 0 Å². The van der Waals surface area contributed by atoms with Crippen LogP contribution >= 0.6 is 0 Å². The molecule has 3 nitrogen and oxygen atoms in total. The molecule has 20 heavy (non-hydrogen) atoms. The van der Waals surface area contributed by atoms with Gasteiger partial charge in [0.05, 0.1) is 6.04 Å². The van der Waals surface area contributed by atoms with E-state index in [9.17, 15) is 0 Å². The van der Waals surface area contributed by atoms with Crippen LogP contribution in [0, 0.1) is 13.8 Å². The molecule has 1 atom stereocenters. The van der Waals surface area contributed by atoms with Gasteiger partial charge in [-0.15, -0.1) is 0 Å². The molecular weight excluding hydrogens is 246 g/mol. The lowest BCUT2D eigenvalue weighted by Gasteiger charge is -2.19. The van der Waals surface area contributed by atoms with Crippen molar-refractivity contribution in [3.8, 4) is 0 Å². The maximum Gasteiger partial charge on any atom is 0.125 e. The van der Waals surface area contributed by atoms with Gasteiger partial charge < -0.3 is 9.88 Å². The van der Waals surface area contributed by atoms with Crippen LogP contribution in [0.25, 0.3) is 0 Å². The van der Waals surface area contributed by atoms with Gasteiger partial charge in [0.15, 0.2) is 0 Å². The zero-order chi connectivity index (χ0) is 14.5. The van der Waals surface area contributed by atoms with Gasteiger partial charge in [0, 0.05) is 19.4 Å². The predicted octanol–water partition coefficient (Wildman–Crippen LogP) is 3.32. The summed E-state index contributed by atoms with van der Waals surface area (Å²) in [5, 5.41) is 3.62. The molecule has 1 heterocycles. The van der Waals surface area contributed by atoms with Crippen molar-refractivity contribution in [3.05, 3.63) is 53.1 Å². The summed E-state index contributed by atoms with van der Waals surface area (Å²) in [6.45, 7) is 7.53. The zero-order valence-electron chi connectivity index (χ0n) is 13.0. The quantitative estimate of drug-likeness (QED) is 0.873. The van der Waals surface area contributed by atoms with E-state index in [-0.39, 0.29) is 6.04 Å². The van der Waals surface area contributed by atoms with Crippen molar-refractivity contribution in [1.29, 1.82) is 0 Å². The van der Waals surface area contributed by atoms with Crippen LogP contribution < -0.4 is 5.32 Å². The second-order valence-electron chi connectivity index (χ2n) is 5.60. The number of nitrogens with zero attached hydrogens (tertiary/aromatic N) is 2. The molecule has 1 aromatic carbocycles. The highest BCUT2D eigenvalue weighted by molar-refractivity contribution is 5.29. The Bertz CT molecular complexity index is 537. The molecule has 0 spiro atoms. The van der Waals surface area contributed by atoms with Gasteiger partial charge in [-0.25, -0.2) is 4.98 Å². The maximum atomic E-state index is 4.51. The fraction of sp³-hybridized carbons (Fsp3) is 0.471. The third-order valence-electron chi connectivity index (χ3n) is 3.53. The molecule has 1 aromatic heterocycles. The predicted molar refractivity (Wildman–Crippen MR) is 83.9 cm³/mol. The average Bonchev–Trinajstić information content (AvgIpc) is 2.79. The summed E-state index contributed by atoms with van der Waals surface area (Å²) < 4.78 is 2.11. The van der Waals surface area contributed by atoms with Crippen LogP contribution in [0.3, 0.4) is 0 Å². The van der Waals surface area contributed by atoms with Gasteiger partial charge in [-0.05, 0) is 38.8 Å². The lowest BCUT2D eigenvalue weighted by atomic mass is 10.0. The number of aromatic nitrogens is 2. The van der Waals surface area contributed by atoms with Gasteiger partial charge in [0.2, 0.25) is 0 Å². The number of nitrogens with one attached hydrogen (secondary N) is 1. The third-order valence-corrected chi connectivity index (χ3v) is 3.53. The molecule has 0 saturated carbocycles. The first-order chi connectivity index (χ1) is 9.60. The molecule has 1 unspecified atom stereocenters. The van der Waals surface area contributed by atoms with Crippen molar-refractivity contribution in [2.75, 3.05) is 6.54 Å². The topological polar surface area (TPSA) is 29.9 Å². The smallest absolute Gasteiger partial charge is 0.125 e. The summed E-state index contributed by atoms with van der Waals surface area (Å²) in [7, 11) is 2.06. The molecule has 0 bridgehead atoms. The number of imidazole rings is 1. The van der Waals surface area contributed by atoms with Crippen LogP contribution in [0.5, 0.6) is 0 Å². The van der Waals surface area contributed by atoms with Crippen LogP contribution in [-0.4, -0.2) is 16.1 Å². The van der Waals surface area contributed by atoms with Crippen LogP contribution in [0.4, 0.5) is 0 Å². The van der Waals surface area contributed by atoms with Crippen molar-refractivity contribution in [2.24, 2.45) is 7.05 Å². The Balaban J connectivity index is 2.21. The molecule has 1 N–H and O–H groups in total. The monoisotopic (exact) mass is 271 g/mol. The summed E-state index contributed by atoms with van der Waals surface area (Å²) in [4.78, 5) is 4.51. The summed E-state index contributed by atoms with van der Waals surface area (Å²) >= 11 is 0. The van der Waals surface area contributed by atoms with Gasteiger partial charge in [-0.2, -0.15) is 0 Å². The number of aryl methyl sites for hydroxylation is 3. The lowest BCUT2D eigenvalue weighted by Crippen LogP contribution is -2.26. The normalized spacial score (nSPS) is 12.6. The van der Waals surface area contributed by atoms with Crippen LogP contribution in [0.15, 0.2) is 30.6 Å². The SMILES string of the molecule is CCCNC(Cc1cc(C)cc(C)c1)c1nccn1C. The van der Waals surface area contributed by atoms with Crippen LogP contribution in [-0.2, 0) is 13.5 Å². The van der Waals surface area contributed by atoms with E-state index in [0.717, 1.165) is 25.2 Å². The molecule has 0 radical (unpaired) electrons. The maximum absolute atomic E-state index is 4.51. The highest BCUT2D eigenvalue weighted by Crippen LogP contribution is 2.19. The Hall–Kier alpha value is -1.61. The van der Waals surface area contributed by atoms with Gasteiger partial charge >= 0.3 is 0 Å². The highest BCUT2D eigenvalue weighted by atomic mass is 15.1. The summed E-state index contributed by atoms with van der Waals surface area (Å²) in [5.41, 5.74) is 4.03. The standard InChI is InChI=1S/C17H25N3/c1-5-6-18-16(17-19-7-8-20(17)4)12-15-10-13(2)9-14(3)11-15/h7-11,16,18H,5-6,12H2,1-4H3. The molecular formula is C17H25N3. The third kappa shape index (κ3) is 3.70. The van der Waals surface area contributed by atoms with Crippen molar-refractivity contribution < 1.29 is 0 Å². The fourth-order valence-corrected chi connectivity index (χ4v) is 2.71. The molecule has 0 aliphatic rings. The molecule has 2 rings (SSSR count). The van der Waals surface area contributed by atoms with Gasteiger partial charge in [0.1, 0.15) is 5.82 Å². The fourth-order valence-electron chi connectivity index (χ4n) is 2.71. The minimum absolute atomic E-state index is 0.274. The van der Waals surface area contributed by atoms with Crippen LogP contribution in [0.1, 0.15) is 41.9 Å². The Labute approximate surface area is 122 Å². The molecule has 2 aromatic rings. The van der Waals surface area contributed by atoms with Crippen molar-refractivity contribution in [2.45, 2.75) is 39.7 Å². The molecule has 108 valence electrons.